The normalized spacial score (nSPS) is 18.7. The quantitative estimate of drug-likeness (QED) is 0.493. The van der Waals surface area contributed by atoms with E-state index in [1.54, 1.807) is 0 Å². The van der Waals surface area contributed by atoms with Crippen molar-refractivity contribution >= 4 is 17.7 Å². The van der Waals surface area contributed by atoms with Gasteiger partial charge in [0.25, 0.3) is 0 Å². The molecule has 1 aliphatic heterocycles. The van der Waals surface area contributed by atoms with Crippen LogP contribution in [0.3, 0.4) is 0 Å². The summed E-state index contributed by atoms with van der Waals surface area (Å²) >= 11 is 1.95. The van der Waals surface area contributed by atoms with Gasteiger partial charge in [-0.05, 0) is 45.4 Å². The van der Waals surface area contributed by atoms with Crippen LogP contribution in [0, 0.1) is 0 Å². The molecule has 0 aromatic heterocycles. The Labute approximate surface area is 121 Å². The smallest absolute Gasteiger partial charge is 0.326 e. The molecule has 1 atom stereocenters. The van der Waals surface area contributed by atoms with Gasteiger partial charge in [-0.25, -0.2) is 0 Å². The predicted molar refractivity (Wildman–Crippen MR) is 79.6 cm³/mol. The third kappa shape index (κ3) is 5.71. The first-order valence-electron chi connectivity index (χ1n) is 7.24. The highest BCUT2D eigenvalue weighted by Gasteiger charge is 2.33. The number of thioether (sulfide) groups is 1. The Morgan fingerprint density at radius 3 is 2.74 bits per heavy atom. The van der Waals surface area contributed by atoms with E-state index in [0.717, 1.165) is 44.8 Å². The van der Waals surface area contributed by atoms with E-state index in [9.17, 15) is 4.79 Å². The number of ether oxygens (including phenoxy) is 2. The predicted octanol–water partition coefficient (Wildman–Crippen LogP) is 2.22. The van der Waals surface area contributed by atoms with Crippen molar-refractivity contribution in [2.75, 3.05) is 32.1 Å². The van der Waals surface area contributed by atoms with E-state index in [4.69, 9.17) is 9.47 Å². The van der Waals surface area contributed by atoms with Crippen molar-refractivity contribution < 1.29 is 14.3 Å². The molecule has 112 valence electrons. The molecule has 1 rings (SSSR count). The number of esters is 1. The van der Waals surface area contributed by atoms with E-state index >= 15 is 0 Å². The lowest BCUT2D eigenvalue weighted by atomic mass is 9.96. The molecule has 5 heteroatoms. The van der Waals surface area contributed by atoms with Gasteiger partial charge in [-0.15, -0.1) is 0 Å². The van der Waals surface area contributed by atoms with Crippen molar-refractivity contribution in [2.24, 2.45) is 0 Å². The third-order valence-electron chi connectivity index (χ3n) is 3.27. The van der Waals surface area contributed by atoms with Crippen LogP contribution in [-0.2, 0) is 14.3 Å². The summed E-state index contributed by atoms with van der Waals surface area (Å²) in [7, 11) is 0. The number of carbonyl (C=O) groups is 1. The van der Waals surface area contributed by atoms with Gasteiger partial charge in [0.15, 0.2) is 0 Å². The number of rotatable bonds is 10. The Kier molecular flexibility index (Phi) is 7.80. The van der Waals surface area contributed by atoms with Crippen molar-refractivity contribution in [1.82, 2.24) is 5.32 Å². The molecule has 1 N–H and O–H groups in total. The molecule has 1 saturated heterocycles. The lowest BCUT2D eigenvalue weighted by molar-refractivity contribution is -0.150. The Bertz CT molecular complexity index is 271. The molecule has 0 aromatic rings. The van der Waals surface area contributed by atoms with Crippen LogP contribution in [0.1, 0.15) is 40.0 Å². The van der Waals surface area contributed by atoms with Gasteiger partial charge in [-0.3, -0.25) is 4.79 Å². The fourth-order valence-electron chi connectivity index (χ4n) is 1.94. The topological polar surface area (TPSA) is 47.6 Å². The lowest BCUT2D eigenvalue weighted by Crippen LogP contribution is -2.50. The first-order valence-corrected chi connectivity index (χ1v) is 8.29. The average Bonchev–Trinajstić information content (AvgIpc) is 2.34. The van der Waals surface area contributed by atoms with Crippen LogP contribution in [0.5, 0.6) is 0 Å². The maximum atomic E-state index is 12.1. The molecule has 1 aliphatic rings. The summed E-state index contributed by atoms with van der Waals surface area (Å²) in [5.41, 5.74) is -0.539. The molecule has 4 nitrogen and oxygen atoms in total. The lowest BCUT2D eigenvalue weighted by Gasteiger charge is -2.29. The Morgan fingerprint density at radius 2 is 2.21 bits per heavy atom. The van der Waals surface area contributed by atoms with E-state index < -0.39 is 5.54 Å². The van der Waals surface area contributed by atoms with Gasteiger partial charge >= 0.3 is 5.97 Å². The molecule has 1 unspecified atom stereocenters. The Morgan fingerprint density at radius 1 is 1.47 bits per heavy atom. The van der Waals surface area contributed by atoms with Gasteiger partial charge in [-0.2, -0.15) is 11.8 Å². The van der Waals surface area contributed by atoms with E-state index in [2.05, 4.69) is 12.2 Å². The molecular weight excluding hydrogens is 262 g/mol. The van der Waals surface area contributed by atoms with Crippen LogP contribution in [0.25, 0.3) is 0 Å². The minimum atomic E-state index is -0.539. The first-order chi connectivity index (χ1) is 9.12. The summed E-state index contributed by atoms with van der Waals surface area (Å²) in [6, 6.07) is 0. The van der Waals surface area contributed by atoms with E-state index in [1.807, 2.05) is 25.6 Å². The summed E-state index contributed by atoms with van der Waals surface area (Å²) in [5.74, 6) is 0.956. The van der Waals surface area contributed by atoms with Crippen molar-refractivity contribution in [3.63, 3.8) is 0 Å². The molecule has 0 radical (unpaired) electrons. The number of nitrogens with one attached hydrogen (secondary N) is 1. The second-order valence-electron chi connectivity index (χ2n) is 5.11. The maximum absolute atomic E-state index is 12.1. The van der Waals surface area contributed by atoms with E-state index in [-0.39, 0.29) is 5.97 Å². The summed E-state index contributed by atoms with van der Waals surface area (Å²) in [5, 5.41) is 4.00. The van der Waals surface area contributed by atoms with Crippen LogP contribution in [-0.4, -0.2) is 48.9 Å². The van der Waals surface area contributed by atoms with Gasteiger partial charge in [-0.1, -0.05) is 6.92 Å². The molecule has 0 aromatic carbocycles. The zero-order chi connectivity index (χ0) is 14.1. The van der Waals surface area contributed by atoms with E-state index in [1.165, 1.54) is 0 Å². The molecule has 0 spiro atoms. The highest BCUT2D eigenvalue weighted by Crippen LogP contribution is 2.22. The van der Waals surface area contributed by atoms with Crippen LogP contribution < -0.4 is 5.32 Å². The highest BCUT2D eigenvalue weighted by atomic mass is 32.2. The summed E-state index contributed by atoms with van der Waals surface area (Å²) in [4.78, 5) is 12.1. The van der Waals surface area contributed by atoms with Crippen molar-refractivity contribution in [3.05, 3.63) is 0 Å². The molecule has 19 heavy (non-hydrogen) atoms. The monoisotopic (exact) mass is 289 g/mol. The van der Waals surface area contributed by atoms with Gasteiger partial charge in [0, 0.05) is 0 Å². The second-order valence-corrected chi connectivity index (χ2v) is 6.52. The Hall–Kier alpha value is -0.260. The van der Waals surface area contributed by atoms with Gasteiger partial charge in [0.1, 0.15) is 5.54 Å². The van der Waals surface area contributed by atoms with Crippen LogP contribution >= 0.6 is 11.8 Å². The minimum Gasteiger partial charge on any atom is -0.465 e. The van der Waals surface area contributed by atoms with Crippen LogP contribution in [0.2, 0.25) is 0 Å². The zero-order valence-electron chi connectivity index (χ0n) is 12.4. The van der Waals surface area contributed by atoms with Crippen molar-refractivity contribution in [1.29, 1.82) is 0 Å². The molecule has 0 bridgehead atoms. The summed E-state index contributed by atoms with van der Waals surface area (Å²) in [6.45, 7) is 8.96. The fraction of sp³-hybridized carbons (Fsp3) is 0.929. The largest absolute Gasteiger partial charge is 0.465 e. The molecule has 1 heterocycles. The molecule has 0 aliphatic carbocycles. The number of hydrogen-bond acceptors (Lipinski definition) is 5. The summed E-state index contributed by atoms with van der Waals surface area (Å²) < 4.78 is 10.3. The van der Waals surface area contributed by atoms with Gasteiger partial charge < -0.3 is 14.8 Å². The third-order valence-corrected chi connectivity index (χ3v) is 4.54. The number of hydrogen-bond donors (Lipinski definition) is 1. The zero-order valence-corrected chi connectivity index (χ0v) is 13.2. The SMILES string of the molecule is CCCNC(C)(CCCSC1COC1)C(=O)OCC. The molecule has 0 amide bonds. The van der Waals surface area contributed by atoms with Crippen molar-refractivity contribution in [2.45, 2.75) is 50.8 Å². The average molecular weight is 289 g/mol. The highest BCUT2D eigenvalue weighted by molar-refractivity contribution is 8.00. The second kappa shape index (κ2) is 8.82. The van der Waals surface area contributed by atoms with Gasteiger partial charge in [0.05, 0.1) is 25.1 Å². The number of carbonyl (C=O) groups excluding carboxylic acids is 1. The Balaban J connectivity index is 2.31. The standard InChI is InChI=1S/C14H27NO3S/c1-4-8-15-14(3,13(16)18-5-2)7-6-9-19-12-10-17-11-12/h12,15H,4-11H2,1-3H3. The van der Waals surface area contributed by atoms with Gasteiger partial charge in [0.2, 0.25) is 0 Å². The van der Waals surface area contributed by atoms with E-state index in [0.29, 0.717) is 11.9 Å². The molecular formula is C14H27NO3S. The first kappa shape index (κ1) is 16.8. The molecule has 1 fully saturated rings. The minimum absolute atomic E-state index is 0.125. The maximum Gasteiger partial charge on any atom is 0.326 e. The summed E-state index contributed by atoms with van der Waals surface area (Å²) in [6.07, 6.45) is 2.86. The van der Waals surface area contributed by atoms with Crippen molar-refractivity contribution in [3.8, 4) is 0 Å². The fourth-order valence-corrected chi connectivity index (χ4v) is 2.97. The van der Waals surface area contributed by atoms with Crippen LogP contribution in [0.4, 0.5) is 0 Å². The van der Waals surface area contributed by atoms with Crippen LogP contribution in [0.15, 0.2) is 0 Å². The molecule has 0 saturated carbocycles.